The van der Waals surface area contributed by atoms with E-state index >= 15 is 0 Å². The molecule has 2 aromatic rings. The maximum atomic E-state index is 12.3. The molecule has 1 heterocycles. The van der Waals surface area contributed by atoms with Crippen molar-refractivity contribution in [1.82, 2.24) is 5.06 Å². The van der Waals surface area contributed by atoms with E-state index in [1.165, 1.54) is 0 Å². The summed E-state index contributed by atoms with van der Waals surface area (Å²) in [6.45, 7) is 1.30. The molecule has 1 saturated heterocycles. The van der Waals surface area contributed by atoms with E-state index in [-0.39, 0.29) is 12.2 Å². The van der Waals surface area contributed by atoms with Gasteiger partial charge in [-0.05, 0) is 36.2 Å². The molecular weight excluding hydrogens is 304 g/mol. The van der Waals surface area contributed by atoms with Crippen molar-refractivity contribution in [2.24, 2.45) is 0 Å². The molecule has 1 fully saturated rings. The van der Waals surface area contributed by atoms with Gasteiger partial charge in [0.15, 0.2) is 6.23 Å². The Morgan fingerprint density at radius 3 is 2.50 bits per heavy atom. The van der Waals surface area contributed by atoms with Gasteiger partial charge in [0.05, 0.1) is 12.2 Å². The Hall–Kier alpha value is -2.37. The van der Waals surface area contributed by atoms with Crippen LogP contribution in [0.1, 0.15) is 28.6 Å². The van der Waals surface area contributed by atoms with E-state index in [0.717, 1.165) is 17.7 Å². The zero-order valence-electron chi connectivity index (χ0n) is 14.0. The van der Waals surface area contributed by atoms with Crippen LogP contribution in [0.3, 0.4) is 0 Å². The number of rotatable bonds is 4. The van der Waals surface area contributed by atoms with Crippen LogP contribution in [0.4, 0.5) is 5.69 Å². The Morgan fingerprint density at radius 1 is 1.12 bits per heavy atom. The SMILES string of the molecule is CN(C)c1ccc(C2OCCCN2OC(=O)c2ccccc2)cc1. The Kier molecular flexibility index (Phi) is 5.13. The number of benzene rings is 2. The summed E-state index contributed by atoms with van der Waals surface area (Å²) in [5.74, 6) is -0.365. The minimum atomic E-state index is -0.373. The van der Waals surface area contributed by atoms with Gasteiger partial charge in [0.1, 0.15) is 0 Å². The van der Waals surface area contributed by atoms with Crippen LogP contribution in [0.5, 0.6) is 0 Å². The first kappa shape index (κ1) is 16.5. The van der Waals surface area contributed by atoms with Gasteiger partial charge in [-0.15, -0.1) is 5.06 Å². The summed E-state index contributed by atoms with van der Waals surface area (Å²) in [5.41, 5.74) is 2.62. The van der Waals surface area contributed by atoms with Crippen LogP contribution in [0.15, 0.2) is 54.6 Å². The minimum absolute atomic E-state index is 0.365. The topological polar surface area (TPSA) is 42.0 Å². The van der Waals surface area contributed by atoms with E-state index in [2.05, 4.69) is 0 Å². The Balaban J connectivity index is 1.74. The fourth-order valence-electron chi connectivity index (χ4n) is 2.64. The summed E-state index contributed by atoms with van der Waals surface area (Å²) in [4.78, 5) is 19.9. The number of hydroxylamine groups is 2. The molecule has 126 valence electrons. The van der Waals surface area contributed by atoms with E-state index in [0.29, 0.717) is 18.7 Å². The quantitative estimate of drug-likeness (QED) is 0.863. The number of hydrogen-bond donors (Lipinski definition) is 0. The molecule has 0 amide bonds. The maximum Gasteiger partial charge on any atom is 0.357 e. The van der Waals surface area contributed by atoms with Crippen molar-refractivity contribution in [3.05, 3.63) is 65.7 Å². The number of ether oxygens (including phenoxy) is 1. The monoisotopic (exact) mass is 326 g/mol. The number of anilines is 1. The molecule has 5 heteroatoms. The van der Waals surface area contributed by atoms with Crippen LogP contribution in [-0.4, -0.2) is 38.3 Å². The van der Waals surface area contributed by atoms with Crippen LogP contribution in [0, 0.1) is 0 Å². The molecule has 0 N–H and O–H groups in total. The molecule has 2 aromatic carbocycles. The maximum absolute atomic E-state index is 12.3. The molecule has 3 rings (SSSR count). The minimum Gasteiger partial charge on any atom is -0.378 e. The highest BCUT2D eigenvalue weighted by atomic mass is 16.7. The summed E-state index contributed by atoms with van der Waals surface area (Å²) >= 11 is 0. The predicted molar refractivity (Wildman–Crippen MR) is 92.6 cm³/mol. The predicted octanol–water partition coefficient (Wildman–Crippen LogP) is 3.25. The molecule has 0 saturated carbocycles. The standard InChI is InChI=1S/C19H22N2O3/c1-20(2)17-11-9-15(10-12-17)18-21(13-6-14-23-18)24-19(22)16-7-4-3-5-8-16/h3-5,7-12,18H,6,13-14H2,1-2H3. The third-order valence-corrected chi connectivity index (χ3v) is 3.96. The second kappa shape index (κ2) is 7.47. The highest BCUT2D eigenvalue weighted by Crippen LogP contribution is 2.28. The largest absolute Gasteiger partial charge is 0.378 e. The zero-order valence-corrected chi connectivity index (χ0v) is 14.0. The number of carbonyl (C=O) groups excluding carboxylic acids is 1. The van der Waals surface area contributed by atoms with Gasteiger partial charge in [0.25, 0.3) is 0 Å². The first-order valence-electron chi connectivity index (χ1n) is 8.08. The van der Waals surface area contributed by atoms with E-state index in [9.17, 15) is 4.79 Å². The van der Waals surface area contributed by atoms with Gasteiger partial charge in [-0.2, -0.15) is 0 Å². The van der Waals surface area contributed by atoms with Gasteiger partial charge in [0, 0.05) is 26.3 Å². The first-order chi connectivity index (χ1) is 11.6. The Morgan fingerprint density at radius 2 is 1.83 bits per heavy atom. The number of hydrogen-bond acceptors (Lipinski definition) is 5. The van der Waals surface area contributed by atoms with E-state index in [4.69, 9.17) is 9.57 Å². The Bertz CT molecular complexity index is 671. The van der Waals surface area contributed by atoms with Gasteiger partial charge in [-0.3, -0.25) is 0 Å². The fraction of sp³-hybridized carbons (Fsp3) is 0.316. The number of nitrogens with zero attached hydrogens (tertiary/aromatic N) is 2. The Labute approximate surface area is 142 Å². The molecular formula is C19H22N2O3. The summed E-state index contributed by atoms with van der Waals surface area (Å²) in [6, 6.07) is 17.1. The lowest BCUT2D eigenvalue weighted by molar-refractivity contribution is -0.244. The average molecular weight is 326 g/mol. The second-order valence-electron chi connectivity index (χ2n) is 5.95. The molecule has 0 aromatic heterocycles. The van der Waals surface area contributed by atoms with Crippen LogP contribution < -0.4 is 4.90 Å². The molecule has 1 aliphatic heterocycles. The normalized spacial score (nSPS) is 18.2. The van der Waals surface area contributed by atoms with Crippen LogP contribution in [-0.2, 0) is 9.57 Å². The molecule has 5 nitrogen and oxygen atoms in total. The van der Waals surface area contributed by atoms with Crippen LogP contribution >= 0.6 is 0 Å². The third kappa shape index (κ3) is 3.75. The fourth-order valence-corrected chi connectivity index (χ4v) is 2.64. The summed E-state index contributed by atoms with van der Waals surface area (Å²) in [6.07, 6.45) is 0.455. The smallest absolute Gasteiger partial charge is 0.357 e. The molecule has 24 heavy (non-hydrogen) atoms. The lowest BCUT2D eigenvalue weighted by atomic mass is 10.1. The lowest BCUT2D eigenvalue weighted by Crippen LogP contribution is -2.38. The average Bonchev–Trinajstić information content (AvgIpc) is 2.63. The van der Waals surface area contributed by atoms with Crippen molar-refractivity contribution < 1.29 is 14.4 Å². The molecule has 0 bridgehead atoms. The van der Waals surface area contributed by atoms with Crippen molar-refractivity contribution in [3.63, 3.8) is 0 Å². The third-order valence-electron chi connectivity index (χ3n) is 3.96. The van der Waals surface area contributed by atoms with E-state index in [1.54, 1.807) is 17.2 Å². The number of carbonyl (C=O) groups is 1. The van der Waals surface area contributed by atoms with E-state index < -0.39 is 0 Å². The molecule has 0 spiro atoms. The summed E-state index contributed by atoms with van der Waals surface area (Å²) in [5, 5.41) is 1.63. The molecule has 1 unspecified atom stereocenters. The van der Waals surface area contributed by atoms with Crippen LogP contribution in [0.25, 0.3) is 0 Å². The molecule has 0 aliphatic carbocycles. The summed E-state index contributed by atoms with van der Waals surface area (Å²) < 4.78 is 5.85. The molecule has 1 atom stereocenters. The molecule has 0 radical (unpaired) electrons. The van der Waals surface area contributed by atoms with E-state index in [1.807, 2.05) is 61.5 Å². The van der Waals surface area contributed by atoms with Gasteiger partial charge in [-0.25, -0.2) is 4.79 Å². The first-order valence-corrected chi connectivity index (χ1v) is 8.08. The molecule has 1 aliphatic rings. The summed E-state index contributed by atoms with van der Waals surface area (Å²) in [7, 11) is 4.00. The van der Waals surface area contributed by atoms with Gasteiger partial charge >= 0.3 is 5.97 Å². The van der Waals surface area contributed by atoms with Crippen molar-refractivity contribution in [2.75, 3.05) is 32.1 Å². The lowest BCUT2D eigenvalue weighted by Gasteiger charge is -2.34. The van der Waals surface area contributed by atoms with Gasteiger partial charge < -0.3 is 14.5 Å². The van der Waals surface area contributed by atoms with Crippen molar-refractivity contribution >= 4 is 11.7 Å². The van der Waals surface area contributed by atoms with Crippen molar-refractivity contribution in [2.45, 2.75) is 12.6 Å². The van der Waals surface area contributed by atoms with Gasteiger partial charge in [0.2, 0.25) is 0 Å². The highest BCUT2D eigenvalue weighted by Gasteiger charge is 2.28. The zero-order chi connectivity index (χ0) is 16.9. The van der Waals surface area contributed by atoms with Crippen LogP contribution in [0.2, 0.25) is 0 Å². The van der Waals surface area contributed by atoms with Gasteiger partial charge in [-0.1, -0.05) is 30.3 Å². The second-order valence-corrected chi connectivity index (χ2v) is 5.95. The van der Waals surface area contributed by atoms with Crippen molar-refractivity contribution in [3.8, 4) is 0 Å². The van der Waals surface area contributed by atoms with Crippen molar-refractivity contribution in [1.29, 1.82) is 0 Å². The highest BCUT2D eigenvalue weighted by molar-refractivity contribution is 5.89.